The molecule has 0 aromatic heterocycles. The maximum absolute atomic E-state index is 5.46. The van der Waals surface area contributed by atoms with Crippen molar-refractivity contribution in [3.8, 4) is 0 Å². The fourth-order valence-electron chi connectivity index (χ4n) is 2.86. The Morgan fingerprint density at radius 1 is 0.692 bits per heavy atom. The van der Waals surface area contributed by atoms with Gasteiger partial charge in [0.15, 0.2) is 0 Å². The molecular weight excluding hydrogens is 356 g/mol. The molecule has 1 unspecified atom stereocenters. The Balaban J connectivity index is 0. The SMILES string of the molecule is CC(C)SCCCCCCCN.CCC(CCCCCCN)CCSC. The van der Waals surface area contributed by atoms with Crippen molar-refractivity contribution in [3.05, 3.63) is 0 Å². The summed E-state index contributed by atoms with van der Waals surface area (Å²) in [5, 5.41) is 0.800. The molecule has 26 heavy (non-hydrogen) atoms. The highest BCUT2D eigenvalue weighted by molar-refractivity contribution is 7.99. The summed E-state index contributed by atoms with van der Waals surface area (Å²) < 4.78 is 0. The second-order valence-corrected chi connectivity index (χ2v) is 10.2. The average molecular weight is 407 g/mol. The molecule has 2 nitrogen and oxygen atoms in total. The van der Waals surface area contributed by atoms with Gasteiger partial charge in [0.05, 0.1) is 0 Å². The lowest BCUT2D eigenvalue weighted by Gasteiger charge is -2.13. The quantitative estimate of drug-likeness (QED) is 0.248. The van der Waals surface area contributed by atoms with Crippen LogP contribution < -0.4 is 11.5 Å². The van der Waals surface area contributed by atoms with E-state index >= 15 is 0 Å². The molecule has 0 aromatic carbocycles. The summed E-state index contributed by atoms with van der Waals surface area (Å²) in [7, 11) is 0. The molecule has 0 rings (SSSR count). The Kier molecular flexibility index (Phi) is 28.4. The van der Waals surface area contributed by atoms with E-state index in [-0.39, 0.29) is 0 Å². The van der Waals surface area contributed by atoms with Gasteiger partial charge in [0, 0.05) is 0 Å². The van der Waals surface area contributed by atoms with Gasteiger partial charge >= 0.3 is 0 Å². The molecule has 1 atom stereocenters. The standard InChI is InChI=1S/C12H27NS.C10H23NS/c1-3-12(9-11-14-2)8-6-4-5-7-10-13;1-10(2)12-9-7-5-3-4-6-8-11/h12H,3-11,13H2,1-2H3;10H,3-9,11H2,1-2H3. The van der Waals surface area contributed by atoms with Crippen LogP contribution in [0.15, 0.2) is 0 Å². The minimum Gasteiger partial charge on any atom is -0.330 e. The van der Waals surface area contributed by atoms with Gasteiger partial charge in [0.2, 0.25) is 0 Å². The molecule has 0 bridgehead atoms. The van der Waals surface area contributed by atoms with Crippen LogP contribution in [0.4, 0.5) is 0 Å². The Morgan fingerprint density at radius 3 is 1.73 bits per heavy atom. The Bertz CT molecular complexity index is 238. The maximum atomic E-state index is 5.46. The van der Waals surface area contributed by atoms with Crippen molar-refractivity contribution in [3.63, 3.8) is 0 Å². The maximum Gasteiger partial charge on any atom is -0.000968 e. The van der Waals surface area contributed by atoms with Gasteiger partial charge in [-0.15, -0.1) is 0 Å². The van der Waals surface area contributed by atoms with Crippen molar-refractivity contribution in [1.82, 2.24) is 0 Å². The zero-order valence-corrected chi connectivity index (χ0v) is 20.1. The zero-order chi connectivity index (χ0) is 19.9. The lowest BCUT2D eigenvalue weighted by molar-refractivity contribution is 0.431. The molecule has 0 saturated heterocycles. The first-order valence-corrected chi connectivity index (χ1v) is 13.6. The molecule has 0 saturated carbocycles. The van der Waals surface area contributed by atoms with Crippen LogP contribution in [0.2, 0.25) is 0 Å². The van der Waals surface area contributed by atoms with Crippen molar-refractivity contribution in [2.45, 2.75) is 103 Å². The van der Waals surface area contributed by atoms with Crippen molar-refractivity contribution < 1.29 is 0 Å². The number of nitrogens with two attached hydrogens (primary N) is 2. The predicted molar refractivity (Wildman–Crippen MR) is 129 cm³/mol. The first-order chi connectivity index (χ1) is 12.6. The molecule has 4 N–H and O–H groups in total. The third-order valence-electron chi connectivity index (χ3n) is 4.67. The average Bonchev–Trinajstić information content (AvgIpc) is 2.63. The van der Waals surface area contributed by atoms with E-state index in [1.54, 1.807) is 0 Å². The van der Waals surface area contributed by atoms with Gasteiger partial charge in [-0.2, -0.15) is 23.5 Å². The summed E-state index contributed by atoms with van der Waals surface area (Å²) in [6.45, 7) is 8.58. The third kappa shape index (κ3) is 26.8. The van der Waals surface area contributed by atoms with E-state index in [0.29, 0.717) is 0 Å². The number of thioether (sulfide) groups is 2. The van der Waals surface area contributed by atoms with Gasteiger partial charge in [0.1, 0.15) is 0 Å². The molecule has 0 heterocycles. The molecule has 0 fully saturated rings. The molecule has 0 aliphatic heterocycles. The molecule has 160 valence electrons. The second-order valence-electron chi connectivity index (χ2n) is 7.52. The van der Waals surface area contributed by atoms with E-state index in [1.807, 2.05) is 11.8 Å². The molecule has 4 heteroatoms. The van der Waals surface area contributed by atoms with Crippen LogP contribution >= 0.6 is 23.5 Å². The molecule has 0 aliphatic carbocycles. The topological polar surface area (TPSA) is 52.0 Å². The minimum absolute atomic E-state index is 0.800. The van der Waals surface area contributed by atoms with Crippen molar-refractivity contribution in [2.75, 3.05) is 30.9 Å². The molecule has 0 spiro atoms. The van der Waals surface area contributed by atoms with Crippen LogP contribution in [0.1, 0.15) is 97.8 Å². The Hall–Kier alpha value is 0.620. The summed E-state index contributed by atoms with van der Waals surface area (Å²) >= 11 is 4.05. The van der Waals surface area contributed by atoms with Gasteiger partial charge in [-0.25, -0.2) is 0 Å². The third-order valence-corrected chi connectivity index (χ3v) is 6.51. The smallest absolute Gasteiger partial charge is 0.000968 e. The molecule has 0 radical (unpaired) electrons. The van der Waals surface area contributed by atoms with E-state index in [4.69, 9.17) is 11.5 Å². The molecule has 0 aliphatic rings. The fraction of sp³-hybridized carbons (Fsp3) is 1.00. The largest absolute Gasteiger partial charge is 0.330 e. The lowest BCUT2D eigenvalue weighted by atomic mass is 9.96. The molecule has 0 amide bonds. The first kappa shape index (κ1) is 28.8. The van der Waals surface area contributed by atoms with E-state index in [2.05, 4.69) is 38.8 Å². The van der Waals surface area contributed by atoms with Gasteiger partial charge in [-0.1, -0.05) is 72.1 Å². The lowest BCUT2D eigenvalue weighted by Crippen LogP contribution is -2.01. The summed E-state index contributed by atoms with van der Waals surface area (Å²) in [4.78, 5) is 0. The summed E-state index contributed by atoms with van der Waals surface area (Å²) in [5.41, 5.74) is 10.9. The highest BCUT2D eigenvalue weighted by Gasteiger charge is 2.04. The normalized spacial score (nSPS) is 12.1. The van der Waals surface area contributed by atoms with Crippen LogP contribution in [-0.4, -0.2) is 36.1 Å². The Morgan fingerprint density at radius 2 is 1.23 bits per heavy atom. The number of rotatable bonds is 18. The second kappa shape index (κ2) is 25.6. The van der Waals surface area contributed by atoms with Crippen molar-refractivity contribution in [1.29, 1.82) is 0 Å². The predicted octanol–water partition coefficient (Wildman–Crippen LogP) is 6.71. The van der Waals surface area contributed by atoms with E-state index in [0.717, 1.165) is 24.3 Å². The monoisotopic (exact) mass is 406 g/mol. The van der Waals surface area contributed by atoms with Crippen LogP contribution in [-0.2, 0) is 0 Å². The number of hydrogen-bond donors (Lipinski definition) is 2. The van der Waals surface area contributed by atoms with E-state index in [9.17, 15) is 0 Å². The fourth-order valence-corrected chi connectivity index (χ4v) is 4.28. The summed E-state index contributed by atoms with van der Waals surface area (Å²) in [6, 6.07) is 0. The van der Waals surface area contributed by atoms with Gasteiger partial charge in [-0.3, -0.25) is 0 Å². The molecular formula is C22H50N2S2. The highest BCUT2D eigenvalue weighted by Crippen LogP contribution is 2.19. The van der Waals surface area contributed by atoms with Crippen molar-refractivity contribution in [2.24, 2.45) is 17.4 Å². The van der Waals surface area contributed by atoms with E-state index < -0.39 is 0 Å². The molecule has 0 aromatic rings. The van der Waals surface area contributed by atoms with Crippen LogP contribution in [0.25, 0.3) is 0 Å². The van der Waals surface area contributed by atoms with Gasteiger partial charge in [-0.05, 0) is 67.7 Å². The van der Waals surface area contributed by atoms with Gasteiger partial charge in [0.25, 0.3) is 0 Å². The summed E-state index contributed by atoms with van der Waals surface area (Å²) in [5.74, 6) is 3.64. The number of unbranched alkanes of at least 4 members (excludes halogenated alkanes) is 7. The minimum atomic E-state index is 0.800. The Labute approximate surface area is 174 Å². The first-order valence-electron chi connectivity index (χ1n) is 11.1. The van der Waals surface area contributed by atoms with Gasteiger partial charge < -0.3 is 11.5 Å². The van der Waals surface area contributed by atoms with Crippen LogP contribution in [0, 0.1) is 5.92 Å². The van der Waals surface area contributed by atoms with Crippen molar-refractivity contribution >= 4 is 23.5 Å². The van der Waals surface area contributed by atoms with Crippen LogP contribution in [0.3, 0.4) is 0 Å². The van der Waals surface area contributed by atoms with E-state index in [1.165, 1.54) is 88.6 Å². The van der Waals surface area contributed by atoms with Crippen LogP contribution in [0.5, 0.6) is 0 Å². The summed E-state index contributed by atoms with van der Waals surface area (Å²) in [6.07, 6.45) is 18.4. The zero-order valence-electron chi connectivity index (χ0n) is 18.4. The number of hydrogen-bond acceptors (Lipinski definition) is 4. The highest BCUT2D eigenvalue weighted by atomic mass is 32.2.